The number of rotatable bonds is 29. The van der Waals surface area contributed by atoms with Gasteiger partial charge in [0.25, 0.3) is 0 Å². The highest BCUT2D eigenvalue weighted by Gasteiger charge is 2.50. The van der Waals surface area contributed by atoms with Crippen LogP contribution in [0.15, 0.2) is 12.7 Å². The lowest BCUT2D eigenvalue weighted by atomic mass is 9.87. The van der Waals surface area contributed by atoms with Crippen LogP contribution in [0.2, 0.25) is 0 Å². The molecule has 3 rings (SSSR count). The number of ether oxygens (including phenoxy) is 1. The molecule has 29 heteroatoms. The van der Waals surface area contributed by atoms with Gasteiger partial charge >= 0.3 is 23.5 Å². The van der Waals surface area contributed by atoms with Crippen molar-refractivity contribution in [3.8, 4) is 0 Å². The van der Waals surface area contributed by atoms with Gasteiger partial charge in [0, 0.05) is 37.1 Å². The van der Waals surface area contributed by atoms with Gasteiger partial charge < -0.3 is 56.0 Å². The summed E-state index contributed by atoms with van der Waals surface area (Å²) in [6, 6.07) is 0. The number of fused-ring (bicyclic) bond motifs is 1. The first-order chi connectivity index (χ1) is 28.9. The molecule has 62 heavy (non-hydrogen) atoms. The molecule has 1 fully saturated rings. The Labute approximate surface area is 361 Å². The molecule has 2 aromatic heterocycles. The molecule has 0 aliphatic carbocycles. The maximum absolute atomic E-state index is 12.7. The first-order valence-electron chi connectivity index (χ1n) is 19.7. The van der Waals surface area contributed by atoms with E-state index in [1.165, 1.54) is 13.8 Å². The number of aliphatic hydroxyl groups is 3. The van der Waals surface area contributed by atoms with Crippen molar-refractivity contribution in [2.75, 3.05) is 37.8 Å². The van der Waals surface area contributed by atoms with E-state index in [0.717, 1.165) is 80.4 Å². The van der Waals surface area contributed by atoms with E-state index in [0.29, 0.717) is 12.2 Å². The van der Waals surface area contributed by atoms with Crippen LogP contribution in [0.4, 0.5) is 5.82 Å². The molecule has 1 saturated heterocycles. The Morgan fingerprint density at radius 3 is 2.31 bits per heavy atom. The van der Waals surface area contributed by atoms with Gasteiger partial charge in [0.05, 0.1) is 25.6 Å². The number of anilines is 1. The molecular formula is C33H58N7O18P3S. The number of aliphatic hydroxyl groups excluding tert-OH is 3. The molecule has 11 N–H and O–H groups in total. The summed E-state index contributed by atoms with van der Waals surface area (Å²) in [7, 11) is -16.4. The fraction of sp³-hybridized carbons (Fsp3) is 0.758. The quantitative estimate of drug-likeness (QED) is 0.0408. The van der Waals surface area contributed by atoms with Crippen LogP contribution < -0.4 is 16.4 Å². The molecule has 0 saturated carbocycles. The molecule has 2 amide bonds. The van der Waals surface area contributed by atoms with Crippen molar-refractivity contribution in [3.05, 3.63) is 12.7 Å². The second-order valence-electron chi connectivity index (χ2n) is 15.0. The second kappa shape index (κ2) is 24.7. The van der Waals surface area contributed by atoms with Crippen molar-refractivity contribution in [3.63, 3.8) is 0 Å². The van der Waals surface area contributed by atoms with Crippen molar-refractivity contribution >= 4 is 69.1 Å². The lowest BCUT2D eigenvalue weighted by Crippen LogP contribution is -2.46. The fourth-order valence-electron chi connectivity index (χ4n) is 5.97. The number of amides is 2. The van der Waals surface area contributed by atoms with Gasteiger partial charge in [-0.05, 0) is 19.3 Å². The van der Waals surface area contributed by atoms with Crippen molar-refractivity contribution < 1.29 is 85.6 Å². The summed E-state index contributed by atoms with van der Waals surface area (Å²) in [5.41, 5.74) is 4.26. The third kappa shape index (κ3) is 18.2. The average molecular weight is 966 g/mol. The fourth-order valence-corrected chi connectivity index (χ4v) is 9.52. The third-order valence-corrected chi connectivity index (χ3v) is 13.4. The molecule has 8 unspecified atom stereocenters. The van der Waals surface area contributed by atoms with Gasteiger partial charge in [0.15, 0.2) is 22.8 Å². The maximum Gasteiger partial charge on any atom is 0.481 e. The predicted octanol–water partition coefficient (Wildman–Crippen LogP) is 1.56. The lowest BCUT2D eigenvalue weighted by Gasteiger charge is -2.30. The summed E-state index contributed by atoms with van der Waals surface area (Å²) < 4.78 is 62.3. The van der Waals surface area contributed by atoms with Gasteiger partial charge in [-0.2, -0.15) is 4.31 Å². The average Bonchev–Trinajstić information content (AvgIpc) is 3.74. The Balaban J connectivity index is 1.38. The maximum atomic E-state index is 12.7. The number of nitrogens with two attached hydrogens (primary N) is 1. The molecular weight excluding hydrogens is 907 g/mol. The monoisotopic (exact) mass is 965 g/mol. The second-order valence-corrected chi connectivity index (χ2v) is 20.4. The zero-order chi connectivity index (χ0) is 46.3. The number of imidazole rings is 1. The number of thioether (sulfide) groups is 1. The highest BCUT2D eigenvalue weighted by atomic mass is 32.2. The number of hydrogen-bond acceptors (Lipinski definition) is 19. The van der Waals surface area contributed by atoms with Gasteiger partial charge in [-0.15, -0.1) is 0 Å². The van der Waals surface area contributed by atoms with E-state index in [1.54, 1.807) is 0 Å². The van der Waals surface area contributed by atoms with Gasteiger partial charge in [-0.25, -0.2) is 28.6 Å². The normalized spacial score (nSPS) is 21.3. The number of carbonyl (C=O) groups is 3. The number of aromatic nitrogens is 4. The van der Waals surface area contributed by atoms with Crippen LogP contribution in [0.3, 0.4) is 0 Å². The number of phosphoric acid groups is 3. The van der Waals surface area contributed by atoms with E-state index < -0.39 is 84.6 Å². The Morgan fingerprint density at radius 2 is 1.63 bits per heavy atom. The molecule has 0 spiro atoms. The van der Waals surface area contributed by atoms with Crippen molar-refractivity contribution in [1.82, 2.24) is 30.2 Å². The van der Waals surface area contributed by atoms with E-state index in [4.69, 9.17) is 19.5 Å². The minimum absolute atomic E-state index is 0.000301. The molecule has 2 aromatic rings. The first-order valence-corrected chi connectivity index (χ1v) is 25.2. The highest BCUT2D eigenvalue weighted by molar-refractivity contribution is 8.13. The van der Waals surface area contributed by atoms with Crippen LogP contribution in [0.25, 0.3) is 11.2 Å². The molecule has 8 atom stereocenters. The Kier molecular flexibility index (Phi) is 21.5. The van der Waals surface area contributed by atoms with E-state index in [2.05, 4.69) is 41.3 Å². The largest absolute Gasteiger partial charge is 0.481 e. The Bertz CT molecular complexity index is 1920. The number of unbranched alkanes of at least 4 members (excludes halogenated alkanes) is 4. The zero-order valence-electron chi connectivity index (χ0n) is 34.5. The van der Waals surface area contributed by atoms with Crippen LogP contribution in [0.5, 0.6) is 0 Å². The van der Waals surface area contributed by atoms with E-state index in [-0.39, 0.29) is 47.7 Å². The number of carbonyl (C=O) groups excluding carboxylic acids is 3. The van der Waals surface area contributed by atoms with Crippen molar-refractivity contribution in [1.29, 1.82) is 0 Å². The van der Waals surface area contributed by atoms with Crippen molar-refractivity contribution in [2.45, 2.75) is 122 Å². The SMILES string of the molecule is CCCCCC(O)CCCCCC(=O)SCCNC(=O)CCNC(=O)C(O)C(C)(C)COP(=O)(O)OP(=O)(O)OCC1OC(n2cnc3c(N)ncnc32)C(O)C1OP(=O)(O)O. The topological polar surface area (TPSA) is 384 Å². The van der Waals surface area contributed by atoms with Crippen molar-refractivity contribution in [2.24, 2.45) is 5.41 Å². The van der Waals surface area contributed by atoms with Crippen LogP contribution in [0.1, 0.15) is 91.2 Å². The minimum atomic E-state index is -5.58. The lowest BCUT2D eigenvalue weighted by molar-refractivity contribution is -0.137. The Hall–Kier alpha value is -2.48. The molecule has 1 aliphatic heterocycles. The summed E-state index contributed by atoms with van der Waals surface area (Å²) in [6.45, 7) is 2.59. The molecule has 0 aromatic carbocycles. The summed E-state index contributed by atoms with van der Waals surface area (Å²) >= 11 is 1.10. The van der Waals surface area contributed by atoms with Gasteiger partial charge in [-0.3, -0.25) is 32.5 Å². The Morgan fingerprint density at radius 1 is 0.952 bits per heavy atom. The highest BCUT2D eigenvalue weighted by Crippen LogP contribution is 2.61. The van der Waals surface area contributed by atoms with Gasteiger partial charge in [0.1, 0.15) is 36.3 Å². The van der Waals surface area contributed by atoms with Gasteiger partial charge in [-0.1, -0.05) is 64.6 Å². The molecule has 354 valence electrons. The predicted molar refractivity (Wildman–Crippen MR) is 220 cm³/mol. The van der Waals surface area contributed by atoms with Crippen LogP contribution in [-0.4, -0.2) is 134 Å². The van der Waals surface area contributed by atoms with Crippen LogP contribution in [0, 0.1) is 5.41 Å². The standard InChI is InChI=1S/C33H58N7O18P3S/c1-4-5-7-10-21(41)11-8-6-9-12-24(43)62-16-15-35-23(42)13-14-36-31(46)28(45)33(2,3)18-55-61(52,53)58-60(50,51)54-17-22-27(57-59(47,48)49)26(44)32(56-22)40-20-39-25-29(34)37-19-38-30(25)40/h19-22,26-28,32,41,44-45H,4-18H2,1-3H3,(H,35,42)(H,36,46)(H,50,51)(H,52,53)(H2,34,37,38)(H2,47,48,49). The van der Waals surface area contributed by atoms with Crippen LogP contribution >= 0.6 is 35.2 Å². The molecule has 3 heterocycles. The van der Waals surface area contributed by atoms with E-state index >= 15 is 0 Å². The molecule has 0 radical (unpaired) electrons. The number of nitrogens with one attached hydrogen (secondary N) is 2. The first kappa shape index (κ1) is 53.9. The molecule has 1 aliphatic rings. The zero-order valence-corrected chi connectivity index (χ0v) is 38.0. The van der Waals surface area contributed by atoms with Gasteiger partial charge in [0.2, 0.25) is 11.8 Å². The van der Waals surface area contributed by atoms with E-state index in [1.807, 2.05) is 0 Å². The molecule has 25 nitrogen and oxygen atoms in total. The number of hydrogen-bond donors (Lipinski definition) is 10. The minimum Gasteiger partial charge on any atom is -0.393 e. The number of nitrogen functional groups attached to an aromatic ring is 1. The third-order valence-electron chi connectivity index (χ3n) is 9.32. The summed E-state index contributed by atoms with van der Waals surface area (Å²) in [5.74, 6) is -1.11. The smallest absolute Gasteiger partial charge is 0.393 e. The van der Waals surface area contributed by atoms with E-state index in [9.17, 15) is 63.0 Å². The molecule has 0 bridgehead atoms. The summed E-state index contributed by atoms with van der Waals surface area (Å²) in [4.78, 5) is 88.0. The number of nitrogens with zero attached hydrogens (tertiary/aromatic N) is 4. The summed E-state index contributed by atoms with van der Waals surface area (Å²) in [5, 5.41) is 36.5. The number of phosphoric ester groups is 3. The summed E-state index contributed by atoms with van der Waals surface area (Å²) in [6.07, 6.45) is 0.321. The van der Waals surface area contributed by atoms with Crippen LogP contribution in [-0.2, 0) is 50.7 Å².